The first kappa shape index (κ1) is 11.0. The van der Waals surface area contributed by atoms with Crippen molar-refractivity contribution in [3.05, 3.63) is 16.5 Å². The molecule has 0 N–H and O–H groups in total. The zero-order valence-electron chi connectivity index (χ0n) is 7.21. The maximum Gasteiger partial charge on any atom is 0.203 e. The first-order valence-electron chi connectivity index (χ1n) is 4.28. The Balaban J connectivity index is 2.92. The lowest BCUT2D eigenvalue weighted by Gasteiger charge is -1.95. The molecule has 0 aliphatic heterocycles. The zero-order chi connectivity index (χ0) is 9.23. The maximum absolute atomic E-state index is 9.91. The summed E-state index contributed by atoms with van der Waals surface area (Å²) >= 11 is 0. The second-order valence-corrected chi connectivity index (χ2v) is 2.75. The fourth-order valence-corrected chi connectivity index (χ4v) is 0.985. The Labute approximate surface area is 73.3 Å². The van der Waals surface area contributed by atoms with Crippen LogP contribution < -0.4 is 0 Å². The number of nitro groups is 1. The Morgan fingerprint density at radius 3 is 2.33 bits per heavy atom. The molecule has 0 aromatic rings. The summed E-state index contributed by atoms with van der Waals surface area (Å²) in [5.74, 6) is 2.32. The van der Waals surface area contributed by atoms with Gasteiger partial charge in [-0.2, -0.15) is 0 Å². The van der Waals surface area contributed by atoms with Gasteiger partial charge in [0.25, 0.3) is 0 Å². The molecule has 12 heavy (non-hydrogen) atoms. The van der Waals surface area contributed by atoms with Gasteiger partial charge in [0.15, 0.2) is 0 Å². The molecular weight excluding hydrogens is 154 g/mol. The average Bonchev–Trinajstić information content (AvgIpc) is 2.02. The molecule has 0 bridgehead atoms. The first-order valence-corrected chi connectivity index (χ1v) is 4.28. The molecule has 0 saturated carbocycles. The summed E-state index contributed by atoms with van der Waals surface area (Å²) in [6.45, 7) is 0.0939. The molecule has 0 atom stereocenters. The second kappa shape index (κ2) is 8.06. The van der Waals surface area contributed by atoms with E-state index in [9.17, 15) is 10.1 Å². The molecule has 0 unspecified atom stereocenters. The Kier molecular flexibility index (Phi) is 7.36. The van der Waals surface area contributed by atoms with Crippen LogP contribution in [0.4, 0.5) is 0 Å². The monoisotopic (exact) mass is 168 g/mol. The van der Waals surface area contributed by atoms with Crippen LogP contribution in [-0.4, -0.2) is 11.5 Å². The number of hydrogen-bond donors (Lipinski definition) is 0. The van der Waals surface area contributed by atoms with E-state index in [4.69, 9.17) is 6.42 Å². The molecule has 0 amide bonds. The third-order valence-corrected chi connectivity index (χ3v) is 1.64. The van der Waals surface area contributed by atoms with Crippen molar-refractivity contribution >= 4 is 0 Å². The summed E-state index contributed by atoms with van der Waals surface area (Å²) in [5, 5.41) is 9.91. The Hall–Kier alpha value is -1.04. The van der Waals surface area contributed by atoms with Crippen molar-refractivity contribution < 1.29 is 4.92 Å². The van der Waals surface area contributed by atoms with Gasteiger partial charge in [0.05, 0.1) is 0 Å². The third-order valence-electron chi connectivity index (χ3n) is 1.64. The molecule has 0 rings (SSSR count). The van der Waals surface area contributed by atoms with Crippen molar-refractivity contribution in [3.63, 3.8) is 0 Å². The Morgan fingerprint density at radius 2 is 1.75 bits per heavy atom. The van der Waals surface area contributed by atoms with Crippen molar-refractivity contribution in [1.29, 1.82) is 0 Å². The summed E-state index contributed by atoms with van der Waals surface area (Å²) in [6, 6.07) is 0. The van der Waals surface area contributed by atoms with Gasteiger partial charge >= 0.3 is 0 Å². The van der Waals surface area contributed by atoms with Crippen LogP contribution in [0, 0.1) is 22.5 Å². The van der Waals surface area contributed by atoms with Crippen LogP contribution in [-0.2, 0) is 0 Å². The van der Waals surface area contributed by atoms with Crippen molar-refractivity contribution in [2.75, 3.05) is 6.54 Å². The van der Waals surface area contributed by atoms with Crippen LogP contribution in [0.5, 0.6) is 0 Å². The lowest BCUT2D eigenvalue weighted by molar-refractivity contribution is -0.480. The second-order valence-electron chi connectivity index (χ2n) is 2.75. The summed E-state index contributed by atoms with van der Waals surface area (Å²) in [4.78, 5) is 9.63. The molecule has 0 aromatic heterocycles. The number of nitrogens with zero attached hydrogens (tertiary/aromatic N) is 1. The molecule has 3 heteroatoms. The van der Waals surface area contributed by atoms with Crippen LogP contribution >= 0.6 is 0 Å². The minimum Gasteiger partial charge on any atom is -0.265 e. The molecule has 0 saturated heterocycles. The molecule has 67 valence electrons. The van der Waals surface area contributed by atoms with Gasteiger partial charge in [-0.1, -0.05) is 18.8 Å². The highest BCUT2D eigenvalue weighted by molar-refractivity contribution is 4.74. The fraction of sp³-hybridized carbons (Fsp3) is 0.778. The zero-order valence-corrected chi connectivity index (χ0v) is 7.21. The minimum absolute atomic E-state index is 0.0939. The molecule has 0 aromatic carbocycles. The van der Waals surface area contributed by atoms with Crippen LogP contribution in [0.15, 0.2) is 0 Å². The molecular formula is C9H14NO2. The van der Waals surface area contributed by atoms with Gasteiger partial charge in [0, 0.05) is 17.8 Å². The van der Waals surface area contributed by atoms with Crippen molar-refractivity contribution in [1.82, 2.24) is 0 Å². The number of hydrogen-bond acceptors (Lipinski definition) is 2. The standard InChI is InChI=1S/C9H14NO2/c1-2-3-4-5-6-7-8-9-10(11)12/h3-9H2. The molecule has 1 radical (unpaired) electrons. The van der Waals surface area contributed by atoms with E-state index in [2.05, 4.69) is 5.92 Å². The average molecular weight is 168 g/mol. The molecule has 0 heterocycles. The predicted molar refractivity (Wildman–Crippen MR) is 46.7 cm³/mol. The normalized spacial score (nSPS) is 9.25. The number of rotatable bonds is 7. The van der Waals surface area contributed by atoms with Crippen molar-refractivity contribution in [2.24, 2.45) is 0 Å². The maximum atomic E-state index is 9.91. The van der Waals surface area contributed by atoms with E-state index in [-0.39, 0.29) is 11.5 Å². The largest absolute Gasteiger partial charge is 0.265 e. The molecule has 0 aliphatic carbocycles. The van der Waals surface area contributed by atoms with Crippen LogP contribution in [0.3, 0.4) is 0 Å². The highest BCUT2D eigenvalue weighted by Gasteiger charge is 1.95. The van der Waals surface area contributed by atoms with Gasteiger partial charge in [0.1, 0.15) is 0 Å². The molecule has 3 nitrogen and oxygen atoms in total. The van der Waals surface area contributed by atoms with E-state index in [1.807, 2.05) is 0 Å². The summed E-state index contributed by atoms with van der Waals surface area (Å²) in [6.07, 6.45) is 12.0. The summed E-state index contributed by atoms with van der Waals surface area (Å²) in [5.41, 5.74) is 0. The quantitative estimate of drug-likeness (QED) is 0.253. The molecule has 0 fully saturated rings. The van der Waals surface area contributed by atoms with E-state index in [0.29, 0.717) is 6.42 Å². The smallest absolute Gasteiger partial charge is 0.203 e. The van der Waals surface area contributed by atoms with Gasteiger partial charge in [0.2, 0.25) is 6.54 Å². The number of unbranched alkanes of at least 4 members (excludes halogenated alkanes) is 5. The van der Waals surface area contributed by atoms with Gasteiger partial charge in [-0.25, -0.2) is 0 Å². The fourth-order valence-electron chi connectivity index (χ4n) is 0.985. The molecule has 0 aliphatic rings. The van der Waals surface area contributed by atoms with E-state index >= 15 is 0 Å². The summed E-state index contributed by atoms with van der Waals surface area (Å²) < 4.78 is 0. The predicted octanol–water partition coefficient (Wildman–Crippen LogP) is 2.19. The van der Waals surface area contributed by atoms with Crippen LogP contribution in [0.1, 0.15) is 38.5 Å². The van der Waals surface area contributed by atoms with Crippen LogP contribution in [0.25, 0.3) is 0 Å². The SMILES string of the molecule is [C]#CCCCCCCC[N+](=O)[O-]. The highest BCUT2D eigenvalue weighted by atomic mass is 16.6. The van der Waals surface area contributed by atoms with Gasteiger partial charge in [-0.3, -0.25) is 10.1 Å². The van der Waals surface area contributed by atoms with E-state index in [1.54, 1.807) is 0 Å². The van der Waals surface area contributed by atoms with Crippen molar-refractivity contribution in [2.45, 2.75) is 38.5 Å². The minimum atomic E-state index is -0.272. The van der Waals surface area contributed by atoms with Crippen molar-refractivity contribution in [3.8, 4) is 5.92 Å². The van der Waals surface area contributed by atoms with Gasteiger partial charge in [-0.05, 0) is 19.3 Å². The highest BCUT2D eigenvalue weighted by Crippen LogP contribution is 2.04. The summed E-state index contributed by atoms with van der Waals surface area (Å²) in [7, 11) is 0. The first-order chi connectivity index (χ1) is 5.77. The van der Waals surface area contributed by atoms with E-state index in [1.165, 1.54) is 0 Å². The Bertz CT molecular complexity index is 160. The van der Waals surface area contributed by atoms with Crippen LogP contribution in [0.2, 0.25) is 0 Å². The van der Waals surface area contributed by atoms with E-state index < -0.39 is 0 Å². The Morgan fingerprint density at radius 1 is 1.17 bits per heavy atom. The topological polar surface area (TPSA) is 43.1 Å². The van der Waals surface area contributed by atoms with Gasteiger partial charge < -0.3 is 0 Å². The molecule has 0 spiro atoms. The lowest BCUT2D eigenvalue weighted by atomic mass is 10.1. The lowest BCUT2D eigenvalue weighted by Crippen LogP contribution is -1.99. The van der Waals surface area contributed by atoms with E-state index in [0.717, 1.165) is 32.1 Å². The van der Waals surface area contributed by atoms with Gasteiger partial charge in [-0.15, -0.1) is 0 Å². The third kappa shape index (κ3) is 8.96.